The Labute approximate surface area is 147 Å². The van der Waals surface area contributed by atoms with Crippen molar-refractivity contribution in [2.45, 2.75) is 12.2 Å². The highest BCUT2D eigenvalue weighted by molar-refractivity contribution is 5.46. The van der Waals surface area contributed by atoms with E-state index >= 15 is 0 Å². The van der Waals surface area contributed by atoms with Crippen molar-refractivity contribution in [3.8, 4) is 17.2 Å². The van der Waals surface area contributed by atoms with Crippen molar-refractivity contribution < 1.29 is 28.8 Å². The Morgan fingerprint density at radius 2 is 2.24 bits per heavy atom. The minimum atomic E-state index is -0.520. The van der Waals surface area contributed by atoms with E-state index in [1.165, 1.54) is 0 Å². The molecular formula is C18H25NO6. The third-order valence-corrected chi connectivity index (χ3v) is 4.02. The van der Waals surface area contributed by atoms with Gasteiger partial charge in [0.05, 0.1) is 25.9 Å². The molecular weight excluding hydrogens is 326 g/mol. The van der Waals surface area contributed by atoms with Crippen LogP contribution in [0.15, 0.2) is 30.9 Å². The lowest BCUT2D eigenvalue weighted by Gasteiger charge is -2.33. The monoisotopic (exact) mass is 351 g/mol. The Bertz CT molecular complexity index is 566. The zero-order chi connectivity index (χ0) is 17.5. The highest BCUT2D eigenvalue weighted by Gasteiger charge is 2.23. The molecule has 7 nitrogen and oxygen atoms in total. The summed E-state index contributed by atoms with van der Waals surface area (Å²) in [6.45, 7) is 7.71. The van der Waals surface area contributed by atoms with Crippen molar-refractivity contribution in [3.63, 3.8) is 0 Å². The molecule has 3 rings (SSSR count). The maximum absolute atomic E-state index is 10.0. The molecule has 1 N–H and O–H groups in total. The molecule has 25 heavy (non-hydrogen) atoms. The average molecular weight is 351 g/mol. The molecule has 2 aliphatic heterocycles. The van der Waals surface area contributed by atoms with E-state index in [1.807, 2.05) is 18.2 Å². The van der Waals surface area contributed by atoms with E-state index in [-0.39, 0.29) is 12.9 Å². The van der Waals surface area contributed by atoms with Crippen LogP contribution in [0.5, 0.6) is 17.2 Å². The van der Waals surface area contributed by atoms with Crippen LogP contribution in [0, 0.1) is 0 Å². The van der Waals surface area contributed by atoms with E-state index < -0.39 is 6.10 Å². The predicted octanol–water partition coefficient (Wildman–Crippen LogP) is 1.06. The van der Waals surface area contributed by atoms with E-state index in [9.17, 15) is 5.11 Å². The number of hydrogen-bond donors (Lipinski definition) is 1. The summed E-state index contributed by atoms with van der Waals surface area (Å²) in [6.07, 6.45) is 1.11. The highest BCUT2D eigenvalue weighted by atomic mass is 16.7. The van der Waals surface area contributed by atoms with Gasteiger partial charge in [-0.3, -0.25) is 4.90 Å². The standard InChI is InChI=1S/C18H25NO6/c1-2-6-21-11-14(20)9-19-5-7-22-16(10-19)12-23-15-3-4-17-18(8-15)25-13-24-17/h2-4,8,14,16,20H,1,5-7,9-13H2. The first-order chi connectivity index (χ1) is 12.2. The Balaban J connectivity index is 1.41. The molecule has 1 saturated heterocycles. The normalized spacial score (nSPS) is 21.1. The molecule has 7 heteroatoms. The fourth-order valence-corrected chi connectivity index (χ4v) is 2.84. The molecule has 2 unspecified atom stereocenters. The van der Waals surface area contributed by atoms with Crippen LogP contribution in [0.1, 0.15) is 0 Å². The number of aliphatic hydroxyl groups excluding tert-OH is 1. The molecule has 0 radical (unpaired) electrons. The summed E-state index contributed by atoms with van der Waals surface area (Å²) in [5.41, 5.74) is 0. The molecule has 0 aliphatic carbocycles. The quantitative estimate of drug-likeness (QED) is 0.527. The van der Waals surface area contributed by atoms with Crippen molar-refractivity contribution >= 4 is 0 Å². The largest absolute Gasteiger partial charge is 0.491 e. The SMILES string of the molecule is C=CCOCC(O)CN1CCOC(COc2ccc3c(c2)OCO3)C1. The van der Waals surface area contributed by atoms with Gasteiger partial charge in [0, 0.05) is 25.7 Å². The van der Waals surface area contributed by atoms with Gasteiger partial charge in [0.2, 0.25) is 6.79 Å². The van der Waals surface area contributed by atoms with Crippen LogP contribution in [0.25, 0.3) is 0 Å². The summed E-state index contributed by atoms with van der Waals surface area (Å²) in [6, 6.07) is 5.52. The van der Waals surface area contributed by atoms with Gasteiger partial charge in [-0.15, -0.1) is 6.58 Å². The maximum atomic E-state index is 10.0. The predicted molar refractivity (Wildman–Crippen MR) is 91.3 cm³/mol. The third kappa shape index (κ3) is 5.34. The van der Waals surface area contributed by atoms with E-state index in [0.29, 0.717) is 45.3 Å². The summed E-state index contributed by atoms with van der Waals surface area (Å²) in [4.78, 5) is 2.17. The van der Waals surface area contributed by atoms with Gasteiger partial charge < -0.3 is 28.8 Å². The third-order valence-electron chi connectivity index (χ3n) is 4.02. The second kappa shape index (κ2) is 9.05. The summed E-state index contributed by atoms with van der Waals surface area (Å²) in [7, 11) is 0. The first-order valence-electron chi connectivity index (χ1n) is 8.47. The maximum Gasteiger partial charge on any atom is 0.231 e. The van der Waals surface area contributed by atoms with Gasteiger partial charge in [0.25, 0.3) is 0 Å². The van der Waals surface area contributed by atoms with Crippen molar-refractivity contribution in [2.24, 2.45) is 0 Å². The molecule has 0 saturated carbocycles. The molecule has 1 fully saturated rings. The smallest absolute Gasteiger partial charge is 0.231 e. The molecule has 2 atom stereocenters. The number of β-amino-alcohol motifs (C(OH)–C–C–N with tert-alkyl or cyclic N) is 1. The first kappa shape index (κ1) is 18.0. The van der Waals surface area contributed by atoms with Crippen LogP contribution < -0.4 is 14.2 Å². The Morgan fingerprint density at radius 1 is 1.36 bits per heavy atom. The van der Waals surface area contributed by atoms with Gasteiger partial charge in [-0.05, 0) is 12.1 Å². The minimum absolute atomic E-state index is 0.0412. The zero-order valence-corrected chi connectivity index (χ0v) is 14.3. The van der Waals surface area contributed by atoms with Gasteiger partial charge in [-0.2, -0.15) is 0 Å². The van der Waals surface area contributed by atoms with Gasteiger partial charge in [0.1, 0.15) is 18.5 Å². The lowest BCUT2D eigenvalue weighted by atomic mass is 10.2. The number of morpholine rings is 1. The summed E-state index contributed by atoms with van der Waals surface area (Å²) in [5.74, 6) is 2.16. The summed E-state index contributed by atoms with van der Waals surface area (Å²) < 4.78 is 27.5. The topological polar surface area (TPSA) is 69.6 Å². The molecule has 0 aromatic heterocycles. The van der Waals surface area contributed by atoms with Crippen molar-refractivity contribution in [3.05, 3.63) is 30.9 Å². The second-order valence-electron chi connectivity index (χ2n) is 6.06. The van der Waals surface area contributed by atoms with E-state index in [1.54, 1.807) is 6.08 Å². The minimum Gasteiger partial charge on any atom is -0.491 e. The second-order valence-corrected chi connectivity index (χ2v) is 6.06. The average Bonchev–Trinajstić information content (AvgIpc) is 3.08. The Hall–Kier alpha value is -1.80. The van der Waals surface area contributed by atoms with Crippen LogP contribution in [0.2, 0.25) is 0 Å². The van der Waals surface area contributed by atoms with Gasteiger partial charge >= 0.3 is 0 Å². The number of ether oxygens (including phenoxy) is 5. The Morgan fingerprint density at radius 3 is 3.12 bits per heavy atom. The van der Waals surface area contributed by atoms with Crippen LogP contribution in [-0.4, -0.2) is 75.1 Å². The van der Waals surface area contributed by atoms with Crippen LogP contribution in [-0.2, 0) is 9.47 Å². The number of hydrogen-bond acceptors (Lipinski definition) is 7. The molecule has 2 heterocycles. The summed E-state index contributed by atoms with van der Waals surface area (Å²) in [5, 5.41) is 10.0. The van der Waals surface area contributed by atoms with Crippen molar-refractivity contribution in [1.82, 2.24) is 4.90 Å². The van der Waals surface area contributed by atoms with E-state index in [2.05, 4.69) is 11.5 Å². The Kier molecular flexibility index (Phi) is 6.52. The van der Waals surface area contributed by atoms with Gasteiger partial charge in [-0.1, -0.05) is 6.08 Å². The molecule has 1 aromatic rings. The van der Waals surface area contributed by atoms with Gasteiger partial charge in [-0.25, -0.2) is 0 Å². The fourth-order valence-electron chi connectivity index (χ4n) is 2.84. The lowest BCUT2D eigenvalue weighted by Crippen LogP contribution is -2.48. The molecule has 1 aromatic carbocycles. The zero-order valence-electron chi connectivity index (χ0n) is 14.3. The lowest BCUT2D eigenvalue weighted by molar-refractivity contribution is -0.0636. The van der Waals surface area contributed by atoms with Crippen LogP contribution in [0.4, 0.5) is 0 Å². The number of rotatable bonds is 9. The van der Waals surface area contributed by atoms with E-state index in [0.717, 1.165) is 18.0 Å². The van der Waals surface area contributed by atoms with Crippen LogP contribution in [0.3, 0.4) is 0 Å². The van der Waals surface area contributed by atoms with Crippen LogP contribution >= 0.6 is 0 Å². The fraction of sp³-hybridized carbons (Fsp3) is 0.556. The molecule has 138 valence electrons. The first-order valence-corrected chi connectivity index (χ1v) is 8.47. The van der Waals surface area contributed by atoms with Gasteiger partial charge in [0.15, 0.2) is 11.5 Å². The number of aliphatic hydroxyl groups is 1. The summed E-state index contributed by atoms with van der Waals surface area (Å²) >= 11 is 0. The number of nitrogens with zero attached hydrogens (tertiary/aromatic N) is 1. The van der Waals surface area contributed by atoms with Crippen molar-refractivity contribution in [1.29, 1.82) is 0 Å². The number of benzene rings is 1. The molecule has 0 amide bonds. The highest BCUT2D eigenvalue weighted by Crippen LogP contribution is 2.35. The van der Waals surface area contributed by atoms with E-state index in [4.69, 9.17) is 23.7 Å². The number of fused-ring (bicyclic) bond motifs is 1. The van der Waals surface area contributed by atoms with Crippen molar-refractivity contribution in [2.75, 3.05) is 52.9 Å². The molecule has 2 aliphatic rings. The molecule has 0 spiro atoms. The molecule has 0 bridgehead atoms.